The van der Waals surface area contributed by atoms with E-state index in [9.17, 15) is 4.79 Å². The summed E-state index contributed by atoms with van der Waals surface area (Å²) in [5.41, 5.74) is 4.10. The standard InChI is InChI=1S/C29H35N5OS/c1-4-32(3)28(35)26-14-12-25(13-15-26)22-36-29-30-23(2)21-27(31-29)34-19-17-33(18-20-34)16-8-11-24-9-6-5-7-10-24/h5-15,21H,4,16-20,22H2,1-3H3/b11-8+. The number of carbonyl (C=O) groups is 1. The summed E-state index contributed by atoms with van der Waals surface area (Å²) in [6.07, 6.45) is 4.44. The average Bonchev–Trinajstić information content (AvgIpc) is 2.92. The lowest BCUT2D eigenvalue weighted by atomic mass is 10.1. The molecule has 188 valence electrons. The Morgan fingerprint density at radius 3 is 2.44 bits per heavy atom. The summed E-state index contributed by atoms with van der Waals surface area (Å²) < 4.78 is 0. The van der Waals surface area contributed by atoms with Crippen molar-refractivity contribution in [2.24, 2.45) is 0 Å². The maximum Gasteiger partial charge on any atom is 0.253 e. The van der Waals surface area contributed by atoms with Crippen LogP contribution < -0.4 is 4.90 Å². The zero-order valence-electron chi connectivity index (χ0n) is 21.4. The van der Waals surface area contributed by atoms with Gasteiger partial charge in [-0.2, -0.15) is 0 Å². The Kier molecular flexibility index (Phi) is 9.14. The predicted molar refractivity (Wildman–Crippen MR) is 150 cm³/mol. The molecule has 3 aromatic rings. The van der Waals surface area contributed by atoms with Crippen molar-refractivity contribution < 1.29 is 4.79 Å². The van der Waals surface area contributed by atoms with Gasteiger partial charge in [-0.15, -0.1) is 0 Å². The number of hydrogen-bond donors (Lipinski definition) is 0. The minimum absolute atomic E-state index is 0.0516. The van der Waals surface area contributed by atoms with E-state index in [1.54, 1.807) is 16.7 Å². The predicted octanol–water partition coefficient (Wildman–Crippen LogP) is 5.00. The number of amides is 1. The van der Waals surface area contributed by atoms with Crippen LogP contribution in [0.25, 0.3) is 6.08 Å². The molecule has 1 saturated heterocycles. The second-order valence-corrected chi connectivity index (χ2v) is 10.00. The van der Waals surface area contributed by atoms with Crippen LogP contribution in [0.4, 0.5) is 5.82 Å². The van der Waals surface area contributed by atoms with E-state index in [4.69, 9.17) is 4.98 Å². The fourth-order valence-corrected chi connectivity index (χ4v) is 4.92. The summed E-state index contributed by atoms with van der Waals surface area (Å²) in [5, 5.41) is 0.795. The van der Waals surface area contributed by atoms with Gasteiger partial charge in [0, 0.05) is 69.4 Å². The first-order chi connectivity index (χ1) is 17.5. The summed E-state index contributed by atoms with van der Waals surface area (Å²) in [6.45, 7) is 9.62. The van der Waals surface area contributed by atoms with Crippen molar-refractivity contribution in [2.75, 3.05) is 51.2 Å². The second kappa shape index (κ2) is 12.7. The lowest BCUT2D eigenvalue weighted by Gasteiger charge is -2.35. The summed E-state index contributed by atoms with van der Waals surface area (Å²) in [7, 11) is 1.82. The van der Waals surface area contributed by atoms with Gasteiger partial charge in [-0.3, -0.25) is 9.69 Å². The fraction of sp³-hybridized carbons (Fsp3) is 0.345. The number of aromatic nitrogens is 2. The van der Waals surface area contributed by atoms with Crippen LogP contribution in [-0.4, -0.2) is 72.0 Å². The molecule has 0 N–H and O–H groups in total. The van der Waals surface area contributed by atoms with Crippen LogP contribution in [0.3, 0.4) is 0 Å². The number of hydrogen-bond acceptors (Lipinski definition) is 6. The molecule has 0 aliphatic carbocycles. The quantitative estimate of drug-likeness (QED) is 0.304. The van der Waals surface area contributed by atoms with Gasteiger partial charge in [-0.1, -0.05) is 66.4 Å². The number of aryl methyl sites for hydroxylation is 1. The lowest BCUT2D eigenvalue weighted by Crippen LogP contribution is -2.46. The minimum atomic E-state index is 0.0516. The van der Waals surface area contributed by atoms with E-state index in [1.807, 2.05) is 51.2 Å². The third kappa shape index (κ3) is 7.18. The van der Waals surface area contributed by atoms with Gasteiger partial charge in [-0.25, -0.2) is 9.97 Å². The molecule has 1 amide bonds. The van der Waals surface area contributed by atoms with Crippen LogP contribution in [0.2, 0.25) is 0 Å². The van der Waals surface area contributed by atoms with Gasteiger partial charge in [0.15, 0.2) is 5.16 Å². The molecule has 0 saturated carbocycles. The molecule has 2 heterocycles. The molecule has 6 nitrogen and oxygen atoms in total. The molecule has 0 unspecified atom stereocenters. The highest BCUT2D eigenvalue weighted by molar-refractivity contribution is 7.98. The average molecular weight is 502 g/mol. The Bertz CT molecular complexity index is 1160. The van der Waals surface area contributed by atoms with Gasteiger partial charge in [0.1, 0.15) is 5.82 Å². The largest absolute Gasteiger partial charge is 0.354 e. The number of nitrogens with zero attached hydrogens (tertiary/aromatic N) is 5. The first-order valence-corrected chi connectivity index (χ1v) is 13.5. The van der Waals surface area contributed by atoms with E-state index < -0.39 is 0 Å². The van der Waals surface area contributed by atoms with Crippen LogP contribution in [0.5, 0.6) is 0 Å². The number of rotatable bonds is 9. The highest BCUT2D eigenvalue weighted by Gasteiger charge is 2.18. The van der Waals surface area contributed by atoms with Crippen molar-refractivity contribution in [2.45, 2.75) is 24.8 Å². The zero-order chi connectivity index (χ0) is 25.3. The summed E-state index contributed by atoms with van der Waals surface area (Å²) in [6, 6.07) is 20.4. The third-order valence-corrected chi connectivity index (χ3v) is 7.30. The SMILES string of the molecule is CCN(C)C(=O)c1ccc(CSc2nc(C)cc(N3CCN(C/C=C/c4ccccc4)CC3)n2)cc1. The van der Waals surface area contributed by atoms with E-state index >= 15 is 0 Å². The smallest absolute Gasteiger partial charge is 0.253 e. The Hall–Kier alpha value is -3.16. The van der Waals surface area contributed by atoms with Crippen molar-refractivity contribution in [1.82, 2.24) is 19.8 Å². The van der Waals surface area contributed by atoms with Crippen LogP contribution in [0.1, 0.15) is 34.1 Å². The number of anilines is 1. The Balaban J connectivity index is 1.29. The maximum absolute atomic E-state index is 12.3. The molecule has 0 bridgehead atoms. The number of thioether (sulfide) groups is 1. The Morgan fingerprint density at radius 1 is 1.03 bits per heavy atom. The second-order valence-electron chi connectivity index (χ2n) is 9.06. The van der Waals surface area contributed by atoms with E-state index in [-0.39, 0.29) is 5.91 Å². The van der Waals surface area contributed by atoms with Gasteiger partial charge >= 0.3 is 0 Å². The molecule has 4 rings (SSSR count). The highest BCUT2D eigenvalue weighted by Crippen LogP contribution is 2.24. The Morgan fingerprint density at radius 2 is 1.75 bits per heavy atom. The van der Waals surface area contributed by atoms with E-state index in [0.717, 1.165) is 66.3 Å². The van der Waals surface area contributed by atoms with Crippen LogP contribution in [0.15, 0.2) is 71.9 Å². The number of carbonyl (C=O) groups excluding carboxylic acids is 1. The molecule has 0 radical (unpaired) electrons. The van der Waals surface area contributed by atoms with Crippen molar-refractivity contribution in [3.8, 4) is 0 Å². The highest BCUT2D eigenvalue weighted by atomic mass is 32.2. The van der Waals surface area contributed by atoms with Crippen LogP contribution >= 0.6 is 11.8 Å². The normalized spacial score (nSPS) is 14.4. The molecule has 1 aliphatic heterocycles. The van der Waals surface area contributed by atoms with Gasteiger partial charge in [0.05, 0.1) is 0 Å². The molecule has 0 spiro atoms. The number of benzene rings is 2. The number of piperazine rings is 1. The van der Waals surface area contributed by atoms with E-state index in [2.05, 4.69) is 57.3 Å². The topological polar surface area (TPSA) is 52.6 Å². The molecule has 36 heavy (non-hydrogen) atoms. The van der Waals surface area contributed by atoms with Gasteiger partial charge in [-0.05, 0) is 37.1 Å². The third-order valence-electron chi connectivity index (χ3n) is 6.38. The summed E-state index contributed by atoms with van der Waals surface area (Å²) >= 11 is 1.64. The molecule has 1 fully saturated rings. The molecule has 7 heteroatoms. The summed E-state index contributed by atoms with van der Waals surface area (Å²) in [5.74, 6) is 1.83. The Labute approximate surface area is 219 Å². The molecule has 0 atom stereocenters. The van der Waals surface area contributed by atoms with Crippen molar-refractivity contribution >= 4 is 29.6 Å². The molecule has 1 aliphatic rings. The van der Waals surface area contributed by atoms with Crippen LogP contribution in [-0.2, 0) is 5.75 Å². The summed E-state index contributed by atoms with van der Waals surface area (Å²) in [4.78, 5) is 28.4. The molecule has 1 aromatic heterocycles. The van der Waals surface area contributed by atoms with Crippen molar-refractivity contribution in [1.29, 1.82) is 0 Å². The first kappa shape index (κ1) is 25.9. The molecular formula is C29H35N5OS. The molecule has 2 aromatic carbocycles. The van der Waals surface area contributed by atoms with E-state index in [0.29, 0.717) is 6.54 Å². The van der Waals surface area contributed by atoms with Crippen molar-refractivity contribution in [3.63, 3.8) is 0 Å². The fourth-order valence-electron chi connectivity index (χ4n) is 4.07. The monoisotopic (exact) mass is 501 g/mol. The first-order valence-electron chi connectivity index (χ1n) is 12.5. The van der Waals surface area contributed by atoms with E-state index in [1.165, 1.54) is 5.56 Å². The zero-order valence-corrected chi connectivity index (χ0v) is 22.2. The van der Waals surface area contributed by atoms with Gasteiger partial charge in [0.2, 0.25) is 0 Å². The minimum Gasteiger partial charge on any atom is -0.354 e. The van der Waals surface area contributed by atoms with Crippen LogP contribution in [0, 0.1) is 6.92 Å². The lowest BCUT2D eigenvalue weighted by molar-refractivity contribution is 0.0802. The molecular weight excluding hydrogens is 466 g/mol. The van der Waals surface area contributed by atoms with Gasteiger partial charge < -0.3 is 9.80 Å². The van der Waals surface area contributed by atoms with Crippen molar-refractivity contribution in [3.05, 3.63) is 89.1 Å². The van der Waals surface area contributed by atoms with Gasteiger partial charge in [0.25, 0.3) is 5.91 Å². The maximum atomic E-state index is 12.3.